The minimum atomic E-state index is -0.205. The Bertz CT molecular complexity index is 1040. The number of nitrogens with zero attached hydrogens (tertiary/aromatic N) is 1. The number of hydrogen-bond donors (Lipinski definition) is 2. The summed E-state index contributed by atoms with van der Waals surface area (Å²) in [6, 6.07) is 9.39. The number of aromatic nitrogens is 1. The van der Waals surface area contributed by atoms with Crippen molar-refractivity contribution >= 4 is 28.8 Å². The van der Waals surface area contributed by atoms with E-state index in [9.17, 15) is 9.59 Å². The highest BCUT2D eigenvalue weighted by molar-refractivity contribution is 7.07. The van der Waals surface area contributed by atoms with Gasteiger partial charge in [0.15, 0.2) is 0 Å². The fourth-order valence-electron chi connectivity index (χ4n) is 3.16. The van der Waals surface area contributed by atoms with Gasteiger partial charge in [-0.1, -0.05) is 17.7 Å². The lowest BCUT2D eigenvalue weighted by Crippen LogP contribution is -2.31. The van der Waals surface area contributed by atoms with Crippen molar-refractivity contribution in [2.24, 2.45) is 5.73 Å². The minimum Gasteiger partial charge on any atom is -0.352 e. The van der Waals surface area contributed by atoms with Crippen LogP contribution >= 0.6 is 22.9 Å². The Kier molecular flexibility index (Phi) is 7.25. The minimum absolute atomic E-state index is 0.0441. The van der Waals surface area contributed by atoms with E-state index in [1.807, 2.05) is 24.4 Å². The van der Waals surface area contributed by atoms with Crippen LogP contribution in [-0.4, -0.2) is 10.5 Å². The second-order valence-corrected chi connectivity index (χ2v) is 8.14. The molecule has 7 heteroatoms. The van der Waals surface area contributed by atoms with Crippen LogP contribution in [0.5, 0.6) is 0 Å². The Morgan fingerprint density at radius 2 is 2.07 bits per heavy atom. The number of thiophene rings is 1. The summed E-state index contributed by atoms with van der Waals surface area (Å²) in [6.45, 7) is 3.14. The van der Waals surface area contributed by atoms with Crippen molar-refractivity contribution in [2.45, 2.75) is 39.4 Å². The maximum Gasteiger partial charge on any atom is 0.254 e. The quantitative estimate of drug-likeness (QED) is 0.575. The van der Waals surface area contributed by atoms with Crippen molar-refractivity contribution in [1.82, 2.24) is 9.88 Å². The van der Waals surface area contributed by atoms with E-state index >= 15 is 0 Å². The van der Waals surface area contributed by atoms with Gasteiger partial charge in [0.1, 0.15) is 0 Å². The van der Waals surface area contributed by atoms with Gasteiger partial charge in [0.05, 0.1) is 6.42 Å². The summed E-state index contributed by atoms with van der Waals surface area (Å²) in [4.78, 5) is 25.4. The van der Waals surface area contributed by atoms with Crippen molar-refractivity contribution in [3.8, 4) is 0 Å². The van der Waals surface area contributed by atoms with Crippen LogP contribution in [0.3, 0.4) is 0 Å². The SMILES string of the molecule is Cc1ccn(CCc2ccsc2)c(=O)c1CC(=O)NCc1cc(Cl)ccc1CN. The molecule has 0 aliphatic carbocycles. The topological polar surface area (TPSA) is 77.1 Å². The third-order valence-electron chi connectivity index (χ3n) is 4.92. The predicted octanol–water partition coefficient (Wildman–Crippen LogP) is 3.43. The number of carbonyl (C=O) groups is 1. The van der Waals surface area contributed by atoms with Gasteiger partial charge in [0, 0.05) is 36.4 Å². The summed E-state index contributed by atoms with van der Waals surface area (Å²) in [6.07, 6.45) is 2.63. The number of carbonyl (C=O) groups excluding carboxylic acids is 1. The summed E-state index contributed by atoms with van der Waals surface area (Å²) in [5.74, 6) is -0.205. The first kappa shape index (κ1) is 21.3. The normalized spacial score (nSPS) is 10.9. The van der Waals surface area contributed by atoms with Crippen LogP contribution in [0.15, 0.2) is 52.1 Å². The molecule has 29 heavy (non-hydrogen) atoms. The van der Waals surface area contributed by atoms with Crippen molar-refractivity contribution in [2.75, 3.05) is 0 Å². The molecule has 0 spiro atoms. The molecule has 0 atom stereocenters. The molecule has 3 aromatic rings. The van der Waals surface area contributed by atoms with Crippen molar-refractivity contribution < 1.29 is 4.79 Å². The van der Waals surface area contributed by atoms with E-state index in [2.05, 4.69) is 16.8 Å². The van der Waals surface area contributed by atoms with Crippen LogP contribution in [-0.2, 0) is 37.3 Å². The van der Waals surface area contributed by atoms with Gasteiger partial charge in [0.25, 0.3) is 5.56 Å². The van der Waals surface area contributed by atoms with Crippen LogP contribution < -0.4 is 16.6 Å². The van der Waals surface area contributed by atoms with Crippen LogP contribution in [0.2, 0.25) is 5.02 Å². The number of nitrogens with one attached hydrogen (secondary N) is 1. The molecule has 0 saturated heterocycles. The number of rotatable bonds is 8. The second kappa shape index (κ2) is 9.87. The van der Waals surface area contributed by atoms with E-state index in [-0.39, 0.29) is 17.9 Å². The van der Waals surface area contributed by atoms with E-state index in [4.69, 9.17) is 17.3 Å². The average molecular weight is 430 g/mol. The van der Waals surface area contributed by atoms with E-state index in [0.29, 0.717) is 30.2 Å². The molecule has 1 amide bonds. The summed E-state index contributed by atoms with van der Waals surface area (Å²) >= 11 is 7.69. The van der Waals surface area contributed by atoms with Crippen molar-refractivity contribution in [3.63, 3.8) is 0 Å². The van der Waals surface area contributed by atoms with Crippen molar-refractivity contribution in [3.05, 3.63) is 90.5 Å². The lowest BCUT2D eigenvalue weighted by Gasteiger charge is -2.12. The Hall–Kier alpha value is -2.41. The molecule has 0 unspecified atom stereocenters. The number of amides is 1. The van der Waals surface area contributed by atoms with Crippen LogP contribution in [0.25, 0.3) is 0 Å². The molecule has 0 fully saturated rings. The van der Waals surface area contributed by atoms with E-state index in [1.54, 1.807) is 34.2 Å². The fourth-order valence-corrected chi connectivity index (χ4v) is 4.06. The first-order valence-corrected chi connectivity index (χ1v) is 10.7. The van der Waals surface area contributed by atoms with Gasteiger partial charge in [-0.25, -0.2) is 0 Å². The molecule has 152 valence electrons. The van der Waals surface area contributed by atoms with Gasteiger partial charge in [0.2, 0.25) is 5.91 Å². The Morgan fingerprint density at radius 1 is 1.24 bits per heavy atom. The van der Waals surface area contributed by atoms with Crippen LogP contribution in [0.4, 0.5) is 0 Å². The maximum atomic E-state index is 12.9. The number of benzene rings is 1. The molecule has 5 nitrogen and oxygen atoms in total. The summed E-state index contributed by atoms with van der Waals surface area (Å²) < 4.78 is 1.68. The number of pyridine rings is 1. The first-order chi connectivity index (χ1) is 14.0. The zero-order valence-electron chi connectivity index (χ0n) is 16.3. The molecular weight excluding hydrogens is 406 g/mol. The van der Waals surface area contributed by atoms with Crippen LogP contribution in [0, 0.1) is 6.92 Å². The zero-order chi connectivity index (χ0) is 20.8. The standard InChI is InChI=1S/C22H24ClN3O2S/c1-15-4-7-26(8-5-16-6-9-29-14-16)22(28)20(15)11-21(27)25-13-18-10-19(23)3-2-17(18)12-24/h2-4,6-7,9-10,14H,5,8,11-13,24H2,1H3,(H,25,27). The molecule has 3 N–H and O–H groups in total. The van der Waals surface area contributed by atoms with E-state index < -0.39 is 0 Å². The molecule has 1 aromatic carbocycles. The highest BCUT2D eigenvalue weighted by Crippen LogP contribution is 2.16. The van der Waals surface area contributed by atoms with Crippen molar-refractivity contribution in [1.29, 1.82) is 0 Å². The number of halogens is 1. The second-order valence-electron chi connectivity index (χ2n) is 6.93. The smallest absolute Gasteiger partial charge is 0.254 e. The van der Waals surface area contributed by atoms with Crippen LogP contribution in [0.1, 0.15) is 27.8 Å². The third-order valence-corrected chi connectivity index (χ3v) is 5.89. The first-order valence-electron chi connectivity index (χ1n) is 9.42. The van der Waals surface area contributed by atoms with E-state index in [1.165, 1.54) is 5.56 Å². The molecule has 0 saturated carbocycles. The predicted molar refractivity (Wildman–Crippen MR) is 118 cm³/mol. The number of nitrogens with two attached hydrogens (primary N) is 1. The van der Waals surface area contributed by atoms with E-state index in [0.717, 1.165) is 23.1 Å². The monoisotopic (exact) mass is 429 g/mol. The largest absolute Gasteiger partial charge is 0.352 e. The lowest BCUT2D eigenvalue weighted by molar-refractivity contribution is -0.120. The molecule has 2 heterocycles. The molecular formula is C22H24ClN3O2S. The average Bonchev–Trinajstić information content (AvgIpc) is 3.22. The highest BCUT2D eigenvalue weighted by atomic mass is 35.5. The zero-order valence-corrected chi connectivity index (χ0v) is 17.9. The van der Waals surface area contributed by atoms with Gasteiger partial charge in [-0.3, -0.25) is 9.59 Å². The molecule has 0 bridgehead atoms. The molecule has 0 aliphatic rings. The van der Waals surface area contributed by atoms with Gasteiger partial charge < -0.3 is 15.6 Å². The Balaban J connectivity index is 1.67. The number of aryl methyl sites for hydroxylation is 3. The van der Waals surface area contributed by atoms with Gasteiger partial charge in [-0.15, -0.1) is 0 Å². The van der Waals surface area contributed by atoms with Gasteiger partial charge in [-0.05, 0) is 70.6 Å². The maximum absolute atomic E-state index is 12.9. The Morgan fingerprint density at radius 3 is 2.79 bits per heavy atom. The summed E-state index contributed by atoms with van der Waals surface area (Å²) in [5, 5.41) is 7.58. The summed E-state index contributed by atoms with van der Waals surface area (Å²) in [5.41, 5.74) is 10.0. The third kappa shape index (κ3) is 5.56. The highest BCUT2D eigenvalue weighted by Gasteiger charge is 2.13. The molecule has 2 aromatic heterocycles. The fraction of sp³-hybridized carbons (Fsp3) is 0.273. The summed E-state index contributed by atoms with van der Waals surface area (Å²) in [7, 11) is 0. The lowest BCUT2D eigenvalue weighted by atomic mass is 10.1. The van der Waals surface area contributed by atoms with Gasteiger partial charge >= 0.3 is 0 Å². The van der Waals surface area contributed by atoms with Gasteiger partial charge in [-0.2, -0.15) is 11.3 Å². The number of hydrogen-bond acceptors (Lipinski definition) is 4. The molecule has 0 aliphatic heterocycles. The molecule has 0 radical (unpaired) electrons. The Labute approximate surface area is 179 Å². The molecule has 3 rings (SSSR count).